The molecule has 0 N–H and O–H groups in total. The molecule has 1 rings (SSSR count). The van der Waals surface area contributed by atoms with Crippen molar-refractivity contribution >= 4 is 23.4 Å². The molecule has 6 nitrogen and oxygen atoms in total. The summed E-state index contributed by atoms with van der Waals surface area (Å²) in [7, 11) is 0. The van der Waals surface area contributed by atoms with E-state index in [2.05, 4.69) is 0 Å². The summed E-state index contributed by atoms with van der Waals surface area (Å²) in [5.74, 6) is -0.103. The third-order valence-corrected chi connectivity index (χ3v) is 2.48. The smallest absolute Gasteiger partial charge is 0.253 e. The Morgan fingerprint density at radius 3 is 1.84 bits per heavy atom. The lowest BCUT2D eigenvalue weighted by Crippen LogP contribution is -2.33. The third-order valence-electron chi connectivity index (χ3n) is 2.33. The van der Waals surface area contributed by atoms with Gasteiger partial charge in [0.05, 0.1) is 46.2 Å². The van der Waals surface area contributed by atoms with Gasteiger partial charge < -0.3 is 14.2 Å². The first kappa shape index (κ1) is 16.1. The van der Waals surface area contributed by atoms with Crippen molar-refractivity contribution in [1.82, 2.24) is 4.90 Å². The normalized spacial score (nSPS) is 14.7. The summed E-state index contributed by atoms with van der Waals surface area (Å²) in [6, 6.07) is 0. The molecule has 7 heteroatoms. The zero-order valence-corrected chi connectivity index (χ0v) is 11.4. The first-order valence-electron chi connectivity index (χ1n) is 6.08. The van der Waals surface area contributed by atoms with Crippen LogP contribution in [0.3, 0.4) is 0 Å². The first-order valence-corrected chi connectivity index (χ1v) is 6.62. The molecular formula is C12H18ClNO5. The summed E-state index contributed by atoms with van der Waals surface area (Å²) in [6.45, 7) is 2.97. The van der Waals surface area contributed by atoms with E-state index in [0.29, 0.717) is 45.5 Å². The number of imide groups is 1. The topological polar surface area (TPSA) is 65.1 Å². The average molecular weight is 292 g/mol. The van der Waals surface area contributed by atoms with Crippen molar-refractivity contribution in [2.75, 3.05) is 52.1 Å². The van der Waals surface area contributed by atoms with E-state index >= 15 is 0 Å². The van der Waals surface area contributed by atoms with E-state index in [9.17, 15) is 9.59 Å². The molecule has 0 radical (unpaired) electrons. The van der Waals surface area contributed by atoms with Crippen LogP contribution in [0.4, 0.5) is 0 Å². The molecule has 1 aliphatic rings. The van der Waals surface area contributed by atoms with Gasteiger partial charge in [-0.2, -0.15) is 0 Å². The van der Waals surface area contributed by atoms with E-state index in [4.69, 9.17) is 25.8 Å². The number of nitrogens with zero attached hydrogens (tertiary/aromatic N) is 1. The van der Waals surface area contributed by atoms with Crippen LogP contribution in [-0.2, 0) is 23.8 Å². The fraction of sp³-hybridized carbons (Fsp3) is 0.667. The Bertz CT molecular complexity index is 303. The number of hydrogen-bond donors (Lipinski definition) is 0. The largest absolute Gasteiger partial charge is 0.378 e. The molecule has 0 atom stereocenters. The van der Waals surface area contributed by atoms with Crippen molar-refractivity contribution < 1.29 is 23.8 Å². The van der Waals surface area contributed by atoms with Crippen LogP contribution >= 0.6 is 11.6 Å². The van der Waals surface area contributed by atoms with Crippen LogP contribution in [0.5, 0.6) is 0 Å². The summed E-state index contributed by atoms with van der Waals surface area (Å²) >= 11 is 5.43. The molecule has 0 aliphatic carbocycles. The minimum Gasteiger partial charge on any atom is -0.378 e. The van der Waals surface area contributed by atoms with Gasteiger partial charge in [-0.05, 0) is 0 Å². The zero-order chi connectivity index (χ0) is 13.9. The highest BCUT2D eigenvalue weighted by Crippen LogP contribution is 2.02. The van der Waals surface area contributed by atoms with Crippen molar-refractivity contribution in [3.8, 4) is 0 Å². The highest BCUT2D eigenvalue weighted by molar-refractivity contribution is 6.17. The number of alkyl halides is 1. The molecule has 1 heterocycles. The highest BCUT2D eigenvalue weighted by Gasteiger charge is 2.22. The minimum atomic E-state index is -0.290. The molecular weight excluding hydrogens is 274 g/mol. The Kier molecular flexibility index (Phi) is 8.40. The predicted molar refractivity (Wildman–Crippen MR) is 69.0 cm³/mol. The maximum Gasteiger partial charge on any atom is 0.253 e. The lowest BCUT2D eigenvalue weighted by molar-refractivity contribution is -0.137. The molecule has 0 aromatic carbocycles. The van der Waals surface area contributed by atoms with Crippen LogP contribution in [-0.4, -0.2) is 68.8 Å². The van der Waals surface area contributed by atoms with Gasteiger partial charge in [0.15, 0.2) is 0 Å². The van der Waals surface area contributed by atoms with E-state index in [1.165, 1.54) is 12.2 Å². The lowest BCUT2D eigenvalue weighted by Gasteiger charge is -2.13. The fourth-order valence-corrected chi connectivity index (χ4v) is 1.51. The SMILES string of the molecule is O=C1C=CC(=O)N1CCOCCOCCOCCCl. The minimum absolute atomic E-state index is 0.267. The van der Waals surface area contributed by atoms with Crippen LogP contribution in [0.1, 0.15) is 0 Å². The molecule has 0 unspecified atom stereocenters. The Morgan fingerprint density at radius 1 is 0.842 bits per heavy atom. The summed E-state index contributed by atoms with van der Waals surface area (Å²) in [5, 5.41) is 0. The molecule has 0 saturated heterocycles. The second-order valence-electron chi connectivity index (χ2n) is 3.69. The maximum absolute atomic E-state index is 11.2. The zero-order valence-electron chi connectivity index (χ0n) is 10.7. The molecule has 2 amide bonds. The van der Waals surface area contributed by atoms with Gasteiger partial charge in [0.25, 0.3) is 11.8 Å². The molecule has 19 heavy (non-hydrogen) atoms. The van der Waals surface area contributed by atoms with Crippen LogP contribution in [0.2, 0.25) is 0 Å². The fourth-order valence-electron chi connectivity index (χ4n) is 1.40. The summed E-state index contributed by atoms with van der Waals surface area (Å²) in [4.78, 5) is 23.5. The molecule has 0 bridgehead atoms. The Hall–Kier alpha value is -0.950. The molecule has 0 saturated carbocycles. The average Bonchev–Trinajstić information content (AvgIpc) is 2.72. The number of rotatable bonds is 11. The van der Waals surface area contributed by atoms with Crippen molar-refractivity contribution in [3.63, 3.8) is 0 Å². The summed E-state index contributed by atoms with van der Waals surface area (Å²) in [6.07, 6.45) is 2.51. The second kappa shape index (κ2) is 9.91. The van der Waals surface area contributed by atoms with Gasteiger partial charge in [0.1, 0.15) is 0 Å². The quantitative estimate of drug-likeness (QED) is 0.309. The Labute approximate surface area is 117 Å². The van der Waals surface area contributed by atoms with Gasteiger partial charge in [-0.3, -0.25) is 14.5 Å². The maximum atomic E-state index is 11.2. The number of amides is 2. The van der Waals surface area contributed by atoms with Gasteiger partial charge in [-0.15, -0.1) is 11.6 Å². The number of hydrogen-bond acceptors (Lipinski definition) is 5. The van der Waals surface area contributed by atoms with Gasteiger partial charge >= 0.3 is 0 Å². The number of ether oxygens (including phenoxy) is 3. The standard InChI is InChI=1S/C12H18ClNO5/c13-3-5-17-7-9-19-10-8-18-6-4-14-11(15)1-2-12(14)16/h1-2H,3-10H2. The summed E-state index contributed by atoms with van der Waals surface area (Å²) < 4.78 is 15.6. The Morgan fingerprint density at radius 2 is 1.32 bits per heavy atom. The number of carbonyl (C=O) groups excluding carboxylic acids is 2. The number of carbonyl (C=O) groups is 2. The van der Waals surface area contributed by atoms with E-state index in [-0.39, 0.29) is 18.4 Å². The van der Waals surface area contributed by atoms with Crippen molar-refractivity contribution in [3.05, 3.63) is 12.2 Å². The van der Waals surface area contributed by atoms with Crippen molar-refractivity contribution in [2.24, 2.45) is 0 Å². The van der Waals surface area contributed by atoms with Crippen molar-refractivity contribution in [2.45, 2.75) is 0 Å². The molecule has 108 valence electrons. The first-order chi connectivity index (χ1) is 9.25. The van der Waals surface area contributed by atoms with Gasteiger partial charge in [0.2, 0.25) is 0 Å². The third kappa shape index (κ3) is 6.68. The summed E-state index contributed by atoms with van der Waals surface area (Å²) in [5.41, 5.74) is 0. The van der Waals surface area contributed by atoms with Gasteiger partial charge in [-0.1, -0.05) is 0 Å². The molecule has 0 spiro atoms. The van der Waals surface area contributed by atoms with Gasteiger partial charge in [-0.25, -0.2) is 0 Å². The molecule has 0 fully saturated rings. The molecule has 0 aromatic heterocycles. The van der Waals surface area contributed by atoms with Crippen molar-refractivity contribution in [1.29, 1.82) is 0 Å². The second-order valence-corrected chi connectivity index (χ2v) is 4.07. The molecule has 0 aromatic rings. The van der Waals surface area contributed by atoms with E-state index in [0.717, 1.165) is 4.90 Å². The van der Waals surface area contributed by atoms with E-state index < -0.39 is 0 Å². The van der Waals surface area contributed by atoms with Crippen LogP contribution in [0.15, 0.2) is 12.2 Å². The van der Waals surface area contributed by atoms with Crippen LogP contribution in [0.25, 0.3) is 0 Å². The molecule has 1 aliphatic heterocycles. The monoisotopic (exact) mass is 291 g/mol. The van der Waals surface area contributed by atoms with Gasteiger partial charge in [0, 0.05) is 18.0 Å². The predicted octanol–water partition coefficient (Wildman–Crippen LogP) is 0.200. The highest BCUT2D eigenvalue weighted by atomic mass is 35.5. The van der Waals surface area contributed by atoms with E-state index in [1.54, 1.807) is 0 Å². The lowest BCUT2D eigenvalue weighted by atomic mass is 10.5. The Balaban J connectivity index is 1.86. The van der Waals surface area contributed by atoms with Crippen LogP contribution < -0.4 is 0 Å². The number of halogens is 1. The van der Waals surface area contributed by atoms with E-state index in [1.807, 2.05) is 0 Å². The van der Waals surface area contributed by atoms with Crippen LogP contribution in [0, 0.1) is 0 Å².